The summed E-state index contributed by atoms with van der Waals surface area (Å²) in [5, 5.41) is 8.34. The lowest BCUT2D eigenvalue weighted by Gasteiger charge is -2.42. The number of rotatable bonds is 8. The van der Waals surface area contributed by atoms with Crippen LogP contribution in [-0.4, -0.2) is 32.0 Å². The van der Waals surface area contributed by atoms with Crippen molar-refractivity contribution in [2.24, 2.45) is 0 Å². The minimum atomic E-state index is -0.348. The number of benzene rings is 3. The predicted octanol–water partition coefficient (Wildman–Crippen LogP) is 5.82. The summed E-state index contributed by atoms with van der Waals surface area (Å²) in [6, 6.07) is 23.6. The number of aromatic nitrogens is 4. The maximum atomic E-state index is 13.4. The van der Waals surface area contributed by atoms with Gasteiger partial charge in [0.2, 0.25) is 5.78 Å². The molecule has 5 aromatic rings. The topological polar surface area (TPSA) is 101 Å². The van der Waals surface area contributed by atoms with Gasteiger partial charge in [-0.15, -0.1) is 5.10 Å². The Balaban J connectivity index is 1.19. The van der Waals surface area contributed by atoms with Gasteiger partial charge in [-0.2, -0.15) is 9.50 Å². The Morgan fingerprint density at radius 3 is 2.52 bits per heavy atom. The number of H-pyrrole nitrogens is 1. The summed E-state index contributed by atoms with van der Waals surface area (Å²) in [4.78, 5) is 33.6. The Morgan fingerprint density at radius 1 is 1.02 bits per heavy atom. The fourth-order valence-corrected chi connectivity index (χ4v) is 5.41. The van der Waals surface area contributed by atoms with E-state index in [2.05, 4.69) is 20.4 Å². The van der Waals surface area contributed by atoms with E-state index < -0.39 is 0 Å². The first-order chi connectivity index (χ1) is 19.4. The van der Waals surface area contributed by atoms with Crippen molar-refractivity contribution >= 4 is 34.9 Å². The van der Waals surface area contributed by atoms with E-state index in [1.165, 1.54) is 10.6 Å². The van der Waals surface area contributed by atoms with E-state index in [-0.39, 0.29) is 34.1 Å². The molecule has 0 radical (unpaired) electrons. The van der Waals surface area contributed by atoms with Crippen LogP contribution < -0.4 is 15.6 Å². The van der Waals surface area contributed by atoms with E-state index >= 15 is 0 Å². The average molecular weight is 574 g/mol. The Hall–Kier alpha value is -4.14. The molecule has 202 valence electrons. The lowest BCUT2D eigenvalue weighted by Crippen LogP contribution is -2.45. The second-order valence-electron chi connectivity index (χ2n) is 9.89. The van der Waals surface area contributed by atoms with Crippen LogP contribution in [0.25, 0.3) is 17.2 Å². The standard InChI is InChI=1S/C30H25Cl2N5O3/c31-21-12-10-20(11-13-21)30(14-5-15-30)18-33-28(39)26-23(32)8-4-9-24(26)40-17-22-16-25(38)37-29(34-22)35-27(36-37)19-6-2-1-3-7-19/h1-4,6-13,16H,5,14-15,17-18H2,(H,33,39)(H,34,35,36). The van der Waals surface area contributed by atoms with Crippen molar-refractivity contribution in [3.05, 3.63) is 116 Å². The van der Waals surface area contributed by atoms with Gasteiger partial charge >= 0.3 is 0 Å². The molecule has 6 rings (SSSR count). The summed E-state index contributed by atoms with van der Waals surface area (Å²) < 4.78 is 7.21. The molecule has 2 aromatic heterocycles. The molecule has 2 N–H and O–H groups in total. The van der Waals surface area contributed by atoms with Gasteiger partial charge in [0.05, 0.1) is 16.3 Å². The van der Waals surface area contributed by atoms with Gasteiger partial charge in [-0.1, -0.05) is 78.2 Å². The van der Waals surface area contributed by atoms with Crippen molar-refractivity contribution in [1.29, 1.82) is 0 Å². The van der Waals surface area contributed by atoms with Gasteiger partial charge in [-0.25, -0.2) is 0 Å². The van der Waals surface area contributed by atoms with Gasteiger partial charge in [0, 0.05) is 28.6 Å². The van der Waals surface area contributed by atoms with Gasteiger partial charge in [-0.05, 0) is 42.7 Å². The van der Waals surface area contributed by atoms with E-state index in [9.17, 15) is 9.59 Å². The third-order valence-electron chi connectivity index (χ3n) is 7.36. The van der Waals surface area contributed by atoms with Gasteiger partial charge in [0.1, 0.15) is 12.4 Å². The van der Waals surface area contributed by atoms with Gasteiger partial charge in [0.15, 0.2) is 5.82 Å². The number of aromatic amines is 1. The second-order valence-corrected chi connectivity index (χ2v) is 10.7. The van der Waals surface area contributed by atoms with Crippen molar-refractivity contribution in [1.82, 2.24) is 24.9 Å². The van der Waals surface area contributed by atoms with Crippen molar-refractivity contribution in [3.8, 4) is 17.1 Å². The SMILES string of the molecule is O=C(NCC1(c2ccc(Cl)cc2)CCC1)c1c(Cl)cccc1OCc1cc(=O)n2nc(-c3ccccc3)nc2[nH]1. The third kappa shape index (κ3) is 5.08. The normalized spacial score (nSPS) is 14.1. The summed E-state index contributed by atoms with van der Waals surface area (Å²) in [6.07, 6.45) is 3.05. The zero-order valence-corrected chi connectivity index (χ0v) is 22.9. The first-order valence-electron chi connectivity index (χ1n) is 12.9. The van der Waals surface area contributed by atoms with E-state index in [0.29, 0.717) is 34.6 Å². The molecule has 2 heterocycles. The number of hydrogen-bond donors (Lipinski definition) is 2. The molecule has 0 atom stereocenters. The quantitative estimate of drug-likeness (QED) is 0.243. The number of carbonyl (C=O) groups excluding carboxylic acids is 1. The molecule has 1 aliphatic rings. The number of fused-ring (bicyclic) bond motifs is 1. The molecule has 0 spiro atoms. The number of nitrogens with one attached hydrogen (secondary N) is 2. The van der Waals surface area contributed by atoms with Crippen molar-refractivity contribution in [3.63, 3.8) is 0 Å². The van der Waals surface area contributed by atoms with Crippen LogP contribution in [0.2, 0.25) is 10.0 Å². The van der Waals surface area contributed by atoms with Gasteiger partial charge in [-0.3, -0.25) is 9.59 Å². The zero-order chi connectivity index (χ0) is 27.7. The Kier molecular flexibility index (Phi) is 7.04. The fraction of sp³-hybridized carbons (Fsp3) is 0.200. The van der Waals surface area contributed by atoms with Crippen LogP contribution >= 0.6 is 23.2 Å². The molecule has 1 aliphatic carbocycles. The zero-order valence-electron chi connectivity index (χ0n) is 21.4. The monoisotopic (exact) mass is 573 g/mol. The highest BCUT2D eigenvalue weighted by molar-refractivity contribution is 6.34. The van der Waals surface area contributed by atoms with Gasteiger partial charge in [0.25, 0.3) is 11.5 Å². The second kappa shape index (κ2) is 10.8. The largest absolute Gasteiger partial charge is 0.486 e. The molecular weight excluding hydrogens is 549 g/mol. The van der Waals surface area contributed by atoms with Crippen LogP contribution in [-0.2, 0) is 12.0 Å². The van der Waals surface area contributed by atoms with Crippen LogP contribution in [0, 0.1) is 0 Å². The molecule has 40 heavy (non-hydrogen) atoms. The van der Waals surface area contributed by atoms with Crippen LogP contribution in [0.1, 0.15) is 40.9 Å². The highest BCUT2D eigenvalue weighted by Crippen LogP contribution is 2.43. The van der Waals surface area contributed by atoms with E-state index in [0.717, 1.165) is 30.4 Å². The minimum Gasteiger partial charge on any atom is -0.486 e. The smallest absolute Gasteiger partial charge is 0.276 e. The number of ether oxygens (including phenoxy) is 1. The van der Waals surface area contributed by atoms with Crippen molar-refractivity contribution < 1.29 is 9.53 Å². The molecule has 1 fully saturated rings. The van der Waals surface area contributed by atoms with Crippen LogP contribution in [0.3, 0.4) is 0 Å². The molecule has 1 amide bonds. The highest BCUT2D eigenvalue weighted by Gasteiger charge is 2.39. The summed E-state index contributed by atoms with van der Waals surface area (Å²) in [5.74, 6) is 0.715. The lowest BCUT2D eigenvalue weighted by atomic mass is 9.64. The van der Waals surface area contributed by atoms with Gasteiger partial charge < -0.3 is 15.0 Å². The number of hydrogen-bond acceptors (Lipinski definition) is 5. The maximum Gasteiger partial charge on any atom is 0.276 e. The Bertz CT molecular complexity index is 1750. The first-order valence-corrected chi connectivity index (χ1v) is 13.7. The molecule has 0 bridgehead atoms. The summed E-state index contributed by atoms with van der Waals surface area (Å²) in [5.41, 5.74) is 2.19. The summed E-state index contributed by atoms with van der Waals surface area (Å²) >= 11 is 12.5. The van der Waals surface area contributed by atoms with Crippen LogP contribution in [0.15, 0.2) is 83.7 Å². The molecule has 1 saturated carbocycles. The van der Waals surface area contributed by atoms with E-state index in [1.807, 2.05) is 54.6 Å². The van der Waals surface area contributed by atoms with Crippen molar-refractivity contribution in [2.45, 2.75) is 31.3 Å². The van der Waals surface area contributed by atoms with E-state index in [4.69, 9.17) is 27.9 Å². The Morgan fingerprint density at radius 2 is 1.80 bits per heavy atom. The van der Waals surface area contributed by atoms with Crippen molar-refractivity contribution in [2.75, 3.05) is 6.54 Å². The number of halogens is 2. The number of nitrogens with zero attached hydrogens (tertiary/aromatic N) is 3. The average Bonchev–Trinajstić information content (AvgIpc) is 3.38. The van der Waals surface area contributed by atoms with Crippen LogP contribution in [0.4, 0.5) is 0 Å². The molecule has 0 aliphatic heterocycles. The van der Waals surface area contributed by atoms with E-state index in [1.54, 1.807) is 18.2 Å². The van der Waals surface area contributed by atoms with Crippen LogP contribution in [0.5, 0.6) is 5.75 Å². The number of amides is 1. The molecule has 0 unspecified atom stereocenters. The molecular formula is C30H25Cl2N5O3. The first kappa shape index (κ1) is 26.1. The maximum absolute atomic E-state index is 13.4. The summed E-state index contributed by atoms with van der Waals surface area (Å²) in [7, 11) is 0. The molecule has 8 nitrogen and oxygen atoms in total. The molecule has 3 aromatic carbocycles. The molecule has 10 heteroatoms. The lowest BCUT2D eigenvalue weighted by molar-refractivity contribution is 0.0923. The number of carbonyl (C=O) groups is 1. The third-order valence-corrected chi connectivity index (χ3v) is 7.93. The summed E-state index contributed by atoms with van der Waals surface area (Å²) in [6.45, 7) is 0.466. The predicted molar refractivity (Wildman–Crippen MR) is 154 cm³/mol. The Labute approximate surface area is 239 Å². The highest BCUT2D eigenvalue weighted by atomic mass is 35.5. The molecule has 0 saturated heterocycles. The fourth-order valence-electron chi connectivity index (χ4n) is 5.04. The minimum absolute atomic E-state index is 0.00535.